The molecule has 3 rings (SSSR count). The van der Waals surface area contributed by atoms with Crippen molar-refractivity contribution in [3.63, 3.8) is 0 Å². The first-order valence-electron chi connectivity index (χ1n) is 10.4. The Morgan fingerprint density at radius 1 is 1.32 bits per heavy atom. The van der Waals surface area contributed by atoms with Gasteiger partial charge in [0.05, 0.1) is 23.3 Å². The summed E-state index contributed by atoms with van der Waals surface area (Å²) < 4.78 is 1.43. The number of carbonyl (C=O) groups is 3. The summed E-state index contributed by atoms with van der Waals surface area (Å²) in [6.45, 7) is 5.67. The molecule has 1 aliphatic carbocycles. The number of nitrogens with one attached hydrogen (secondary N) is 1. The van der Waals surface area contributed by atoms with E-state index >= 15 is 0 Å². The summed E-state index contributed by atoms with van der Waals surface area (Å²) in [6.07, 6.45) is 1.41. The molecule has 2 amide bonds. The van der Waals surface area contributed by atoms with Crippen LogP contribution in [-0.2, 0) is 20.8 Å². The van der Waals surface area contributed by atoms with Crippen LogP contribution in [-0.4, -0.2) is 84.3 Å². The molecule has 2 fully saturated rings. The van der Waals surface area contributed by atoms with Gasteiger partial charge >= 0.3 is 5.97 Å². The Morgan fingerprint density at radius 2 is 1.97 bits per heavy atom. The first-order chi connectivity index (χ1) is 14.3. The summed E-state index contributed by atoms with van der Waals surface area (Å²) in [5.41, 5.74) is -1.27. The summed E-state index contributed by atoms with van der Waals surface area (Å²) in [5, 5.41) is 40.4. The number of carbonyl (C=O) groups excluding carboxylic acids is 2. The van der Waals surface area contributed by atoms with Gasteiger partial charge in [0.25, 0.3) is 0 Å². The number of rotatable bonds is 6. The molecule has 172 valence electrons. The van der Waals surface area contributed by atoms with Gasteiger partial charge in [0.2, 0.25) is 11.8 Å². The van der Waals surface area contributed by atoms with Crippen molar-refractivity contribution in [2.24, 2.45) is 11.3 Å². The Kier molecular flexibility index (Phi) is 6.12. The summed E-state index contributed by atoms with van der Waals surface area (Å²) >= 11 is 0. The number of likely N-dealkylation sites (N-methyl/N-ethyl adjacent to an activating group) is 1. The minimum Gasteiger partial charge on any atom is -0.481 e. The van der Waals surface area contributed by atoms with Crippen LogP contribution in [0.25, 0.3) is 0 Å². The maximum atomic E-state index is 13.5. The Labute approximate surface area is 180 Å². The minimum absolute atomic E-state index is 0.0569. The van der Waals surface area contributed by atoms with E-state index in [0.717, 1.165) is 0 Å². The average Bonchev–Trinajstić information content (AvgIpc) is 3.24. The third-order valence-corrected chi connectivity index (χ3v) is 6.10. The molecule has 0 unspecified atom stereocenters. The molecule has 1 saturated heterocycles. The Morgan fingerprint density at radius 3 is 2.52 bits per heavy atom. The van der Waals surface area contributed by atoms with E-state index in [4.69, 9.17) is 5.11 Å². The molecule has 11 heteroatoms. The SMILES string of the molecule is CNC(=O)[C@@H]1C[C@@H](O)CN1C(=O)[C@@H](n1cc(C[C@]2(O)C[C@@H](C(=O)O)C2)nn1)C(C)(C)C. The quantitative estimate of drug-likeness (QED) is 0.457. The molecule has 2 aliphatic rings. The highest BCUT2D eigenvalue weighted by molar-refractivity contribution is 5.90. The summed E-state index contributed by atoms with van der Waals surface area (Å²) in [4.78, 5) is 38.1. The van der Waals surface area contributed by atoms with Gasteiger partial charge in [0.1, 0.15) is 12.1 Å². The first-order valence-corrected chi connectivity index (χ1v) is 10.4. The van der Waals surface area contributed by atoms with E-state index in [9.17, 15) is 24.6 Å². The van der Waals surface area contributed by atoms with Crippen LogP contribution in [0.5, 0.6) is 0 Å². The fourth-order valence-electron chi connectivity index (χ4n) is 4.54. The number of carboxylic acids is 1. The predicted molar refractivity (Wildman–Crippen MR) is 108 cm³/mol. The molecule has 1 saturated carbocycles. The van der Waals surface area contributed by atoms with Crippen molar-refractivity contribution < 1.29 is 29.7 Å². The van der Waals surface area contributed by atoms with Crippen molar-refractivity contribution in [3.8, 4) is 0 Å². The monoisotopic (exact) mass is 437 g/mol. The van der Waals surface area contributed by atoms with Crippen LogP contribution in [0, 0.1) is 11.3 Å². The number of aliphatic hydroxyl groups is 2. The molecule has 3 atom stereocenters. The molecule has 0 bridgehead atoms. The van der Waals surface area contributed by atoms with Crippen LogP contribution >= 0.6 is 0 Å². The van der Waals surface area contributed by atoms with Gasteiger partial charge in [-0.25, -0.2) is 4.68 Å². The first kappa shape index (κ1) is 23.1. The Balaban J connectivity index is 1.80. The van der Waals surface area contributed by atoms with Crippen LogP contribution in [0.2, 0.25) is 0 Å². The van der Waals surface area contributed by atoms with E-state index in [-0.39, 0.29) is 44.0 Å². The molecule has 0 radical (unpaired) electrons. The van der Waals surface area contributed by atoms with Crippen LogP contribution in [0.15, 0.2) is 6.20 Å². The van der Waals surface area contributed by atoms with E-state index in [0.29, 0.717) is 5.69 Å². The smallest absolute Gasteiger partial charge is 0.306 e. The van der Waals surface area contributed by atoms with Crippen LogP contribution in [0.3, 0.4) is 0 Å². The zero-order chi connectivity index (χ0) is 23.1. The highest BCUT2D eigenvalue weighted by atomic mass is 16.4. The van der Waals surface area contributed by atoms with E-state index in [2.05, 4.69) is 15.6 Å². The average molecular weight is 437 g/mol. The molecule has 31 heavy (non-hydrogen) atoms. The minimum atomic E-state index is -1.14. The lowest BCUT2D eigenvalue weighted by Crippen LogP contribution is -2.50. The zero-order valence-electron chi connectivity index (χ0n) is 18.3. The summed E-state index contributed by atoms with van der Waals surface area (Å²) in [7, 11) is 1.49. The molecule has 4 N–H and O–H groups in total. The van der Waals surface area contributed by atoms with Gasteiger partial charge in [0.15, 0.2) is 0 Å². The van der Waals surface area contributed by atoms with Crippen LogP contribution < -0.4 is 5.32 Å². The zero-order valence-corrected chi connectivity index (χ0v) is 18.3. The van der Waals surface area contributed by atoms with Gasteiger partial charge in [-0.2, -0.15) is 0 Å². The molecule has 1 aromatic rings. The highest BCUT2D eigenvalue weighted by Gasteiger charge is 2.48. The number of aliphatic carboxylic acids is 1. The van der Waals surface area contributed by atoms with Crippen molar-refractivity contribution >= 4 is 17.8 Å². The molecule has 0 spiro atoms. The van der Waals surface area contributed by atoms with E-state index in [1.54, 1.807) is 6.20 Å². The van der Waals surface area contributed by atoms with Crippen molar-refractivity contribution in [1.29, 1.82) is 0 Å². The molecule has 1 aliphatic heterocycles. The lowest BCUT2D eigenvalue weighted by molar-refractivity contribution is -0.158. The van der Waals surface area contributed by atoms with E-state index in [1.165, 1.54) is 16.6 Å². The molecule has 11 nitrogen and oxygen atoms in total. The van der Waals surface area contributed by atoms with Gasteiger partial charge in [-0.05, 0) is 18.3 Å². The molecule has 0 aromatic carbocycles. The second-order valence-electron chi connectivity index (χ2n) is 9.81. The fourth-order valence-corrected chi connectivity index (χ4v) is 4.54. The number of hydrogen-bond donors (Lipinski definition) is 4. The highest BCUT2D eigenvalue weighted by Crippen LogP contribution is 2.40. The van der Waals surface area contributed by atoms with E-state index in [1.807, 2.05) is 20.8 Å². The third kappa shape index (κ3) is 4.72. The van der Waals surface area contributed by atoms with Crippen molar-refractivity contribution in [2.75, 3.05) is 13.6 Å². The number of carboxylic acid groups (broad SMARTS) is 1. The van der Waals surface area contributed by atoms with Gasteiger partial charge in [0, 0.05) is 32.6 Å². The standard InChI is InChI=1S/C20H31N5O6/c1-19(2,3)15(17(28)24-10-13(26)5-14(24)16(27)21-4)25-9-12(22-23-25)8-20(31)6-11(7-20)18(29)30/h9,11,13-15,26,31H,5-8,10H2,1-4H3,(H,21,27)(H,29,30)/t11-,13-,14+,15-,20+/m1/s1. The number of amides is 2. The van der Waals surface area contributed by atoms with Crippen molar-refractivity contribution in [1.82, 2.24) is 25.2 Å². The van der Waals surface area contributed by atoms with E-state index < -0.39 is 41.1 Å². The molecule has 2 heterocycles. The maximum absolute atomic E-state index is 13.5. The second kappa shape index (κ2) is 8.19. The van der Waals surface area contributed by atoms with Crippen LogP contribution in [0.1, 0.15) is 51.8 Å². The lowest BCUT2D eigenvalue weighted by Gasteiger charge is -2.41. The van der Waals surface area contributed by atoms with Gasteiger partial charge in [-0.1, -0.05) is 26.0 Å². The summed E-state index contributed by atoms with van der Waals surface area (Å²) in [6, 6.07) is -1.54. The topological polar surface area (TPSA) is 158 Å². The maximum Gasteiger partial charge on any atom is 0.306 e. The second-order valence-corrected chi connectivity index (χ2v) is 9.81. The molecular weight excluding hydrogens is 406 g/mol. The fraction of sp³-hybridized carbons (Fsp3) is 0.750. The summed E-state index contributed by atoms with van der Waals surface area (Å²) in [5.74, 6) is -2.17. The Bertz CT molecular complexity index is 856. The number of hydrogen-bond acceptors (Lipinski definition) is 7. The van der Waals surface area contributed by atoms with Crippen molar-refractivity contribution in [3.05, 3.63) is 11.9 Å². The number of nitrogens with zero attached hydrogens (tertiary/aromatic N) is 4. The lowest BCUT2D eigenvalue weighted by atomic mass is 9.69. The number of likely N-dealkylation sites (tertiary alicyclic amines) is 1. The molecule has 1 aromatic heterocycles. The Hall–Kier alpha value is -2.53. The number of aromatic nitrogens is 3. The third-order valence-electron chi connectivity index (χ3n) is 6.10. The number of aliphatic hydroxyl groups excluding tert-OH is 1. The predicted octanol–water partition coefficient (Wildman–Crippen LogP) is -0.659. The molecular formula is C20H31N5O6. The van der Waals surface area contributed by atoms with Crippen LogP contribution in [0.4, 0.5) is 0 Å². The van der Waals surface area contributed by atoms with Crippen molar-refractivity contribution in [2.45, 2.75) is 70.2 Å². The van der Waals surface area contributed by atoms with Gasteiger partial charge in [-0.15, -0.1) is 5.10 Å². The van der Waals surface area contributed by atoms with Gasteiger partial charge < -0.3 is 25.5 Å². The number of β-amino-alcohol motifs (C(OH)–C–C–N with tert-alkyl or cyclic N) is 1. The van der Waals surface area contributed by atoms with Gasteiger partial charge in [-0.3, -0.25) is 14.4 Å². The largest absolute Gasteiger partial charge is 0.481 e. The normalized spacial score (nSPS) is 29.4.